The fourth-order valence-corrected chi connectivity index (χ4v) is 3.86. The summed E-state index contributed by atoms with van der Waals surface area (Å²) in [5.41, 5.74) is 3.71. The smallest absolute Gasteiger partial charge is 0.370 e. The maximum atomic E-state index is 10.8. The first-order valence-electron chi connectivity index (χ1n) is 8.92. The van der Waals surface area contributed by atoms with Crippen molar-refractivity contribution in [2.45, 2.75) is 37.6 Å². The summed E-state index contributed by atoms with van der Waals surface area (Å²) < 4.78 is 38.7. The van der Waals surface area contributed by atoms with Gasteiger partial charge in [0.05, 0.1) is 29.3 Å². The van der Waals surface area contributed by atoms with Crippen LogP contribution in [0.15, 0.2) is 42.7 Å². The summed E-state index contributed by atoms with van der Waals surface area (Å²) in [6.45, 7) is 2.66. The van der Waals surface area contributed by atoms with Crippen molar-refractivity contribution in [2.24, 2.45) is 0 Å². The Morgan fingerprint density at radius 3 is 2.54 bits per heavy atom. The molecular formula is C20H20ClF3N2O2. The first kappa shape index (κ1) is 20.6. The molecular weight excluding hydrogens is 393 g/mol. The maximum Gasteiger partial charge on any atom is 0.395 e. The van der Waals surface area contributed by atoms with E-state index >= 15 is 0 Å². The number of benzene rings is 1. The summed E-state index contributed by atoms with van der Waals surface area (Å²) in [5.74, 6) is 0. The van der Waals surface area contributed by atoms with Crippen LogP contribution in [-0.4, -0.2) is 30.5 Å². The number of nitrogens with zero attached hydrogens (tertiary/aromatic N) is 2. The molecule has 2 aromatic rings. The molecule has 0 radical (unpaired) electrons. The molecule has 0 unspecified atom stereocenters. The normalized spacial score (nSPS) is 17.6. The molecule has 1 aromatic heterocycles. The topological polar surface area (TPSA) is 42.4 Å². The average Bonchev–Trinajstić information content (AvgIpc) is 3.01. The van der Waals surface area contributed by atoms with Crippen LogP contribution in [0.2, 0.25) is 5.02 Å². The van der Waals surface area contributed by atoms with Gasteiger partial charge in [-0.2, -0.15) is 13.2 Å². The first-order valence-corrected chi connectivity index (χ1v) is 9.30. The SMILES string of the molecule is Clc1cnccc1N1CCC2(CC1)OCc1ccccc12.O=CCC(F)(F)F. The molecule has 4 rings (SSSR count). The van der Waals surface area contributed by atoms with Gasteiger partial charge in [-0.25, -0.2) is 0 Å². The summed E-state index contributed by atoms with van der Waals surface area (Å²) in [6, 6.07) is 10.6. The van der Waals surface area contributed by atoms with Gasteiger partial charge in [0.15, 0.2) is 0 Å². The van der Waals surface area contributed by atoms with Crippen molar-refractivity contribution in [1.29, 1.82) is 0 Å². The van der Waals surface area contributed by atoms with Crippen LogP contribution in [0, 0.1) is 0 Å². The van der Waals surface area contributed by atoms with Gasteiger partial charge < -0.3 is 14.4 Å². The second-order valence-corrected chi connectivity index (χ2v) is 7.15. The summed E-state index contributed by atoms with van der Waals surface area (Å²) >= 11 is 6.25. The van der Waals surface area contributed by atoms with Gasteiger partial charge in [0, 0.05) is 25.5 Å². The molecule has 1 fully saturated rings. The molecule has 1 aromatic carbocycles. The predicted molar refractivity (Wildman–Crippen MR) is 100 cm³/mol. The Morgan fingerprint density at radius 1 is 1.21 bits per heavy atom. The van der Waals surface area contributed by atoms with Crippen molar-refractivity contribution >= 4 is 23.6 Å². The molecule has 4 nitrogen and oxygen atoms in total. The number of hydrogen-bond acceptors (Lipinski definition) is 4. The zero-order valence-corrected chi connectivity index (χ0v) is 15.8. The number of carbonyl (C=O) groups is 1. The van der Waals surface area contributed by atoms with E-state index in [0.29, 0.717) is 0 Å². The highest BCUT2D eigenvalue weighted by molar-refractivity contribution is 6.33. The number of aromatic nitrogens is 1. The number of piperidine rings is 1. The number of alkyl halides is 3. The fraction of sp³-hybridized carbons (Fsp3) is 0.400. The Kier molecular flexibility index (Phi) is 6.25. The number of anilines is 1. The third kappa shape index (κ3) is 4.64. The Balaban J connectivity index is 0.000000279. The molecule has 0 saturated carbocycles. The van der Waals surface area contributed by atoms with Crippen LogP contribution in [0.4, 0.5) is 18.9 Å². The van der Waals surface area contributed by atoms with E-state index < -0.39 is 12.6 Å². The Bertz CT molecular complexity index is 821. The molecule has 3 heterocycles. The monoisotopic (exact) mass is 412 g/mol. The van der Waals surface area contributed by atoms with Gasteiger partial charge in [0.1, 0.15) is 6.29 Å². The Hall–Kier alpha value is -2.12. The quantitative estimate of drug-likeness (QED) is 0.658. The summed E-state index contributed by atoms with van der Waals surface area (Å²) in [5, 5.41) is 0.723. The average molecular weight is 413 g/mol. The molecule has 0 atom stereocenters. The Morgan fingerprint density at radius 2 is 1.93 bits per heavy atom. The molecule has 2 aliphatic heterocycles. The lowest BCUT2D eigenvalue weighted by atomic mass is 9.83. The molecule has 28 heavy (non-hydrogen) atoms. The number of rotatable bonds is 2. The number of carbonyl (C=O) groups excluding carboxylic acids is 1. The molecule has 150 valence electrons. The van der Waals surface area contributed by atoms with Crippen molar-refractivity contribution in [3.8, 4) is 0 Å². The van der Waals surface area contributed by atoms with Crippen LogP contribution in [0.5, 0.6) is 0 Å². The lowest BCUT2D eigenvalue weighted by molar-refractivity contribution is -0.144. The van der Waals surface area contributed by atoms with Gasteiger partial charge in [-0.15, -0.1) is 0 Å². The largest absolute Gasteiger partial charge is 0.395 e. The summed E-state index contributed by atoms with van der Waals surface area (Å²) in [6.07, 6.45) is -0.310. The Labute approximate surface area is 166 Å². The van der Waals surface area contributed by atoms with Gasteiger partial charge in [-0.3, -0.25) is 4.98 Å². The van der Waals surface area contributed by atoms with Crippen LogP contribution in [0.3, 0.4) is 0 Å². The number of pyridine rings is 1. The third-order valence-corrected chi connectivity index (χ3v) is 5.28. The molecule has 2 aliphatic rings. The van der Waals surface area contributed by atoms with Crippen molar-refractivity contribution in [3.63, 3.8) is 0 Å². The third-order valence-electron chi connectivity index (χ3n) is 4.99. The van der Waals surface area contributed by atoms with E-state index in [9.17, 15) is 13.2 Å². The number of hydrogen-bond donors (Lipinski definition) is 0. The fourth-order valence-electron chi connectivity index (χ4n) is 3.63. The molecule has 8 heteroatoms. The summed E-state index contributed by atoms with van der Waals surface area (Å²) in [4.78, 5) is 15.5. The molecule has 0 N–H and O–H groups in total. The van der Waals surface area contributed by atoms with Crippen molar-refractivity contribution in [2.75, 3.05) is 18.0 Å². The predicted octanol–water partition coefficient (Wildman–Crippen LogP) is 4.90. The van der Waals surface area contributed by atoms with Gasteiger partial charge in [0.25, 0.3) is 0 Å². The number of halogens is 4. The van der Waals surface area contributed by atoms with E-state index in [1.807, 2.05) is 6.07 Å². The molecule has 1 saturated heterocycles. The standard InChI is InChI=1S/C17H17ClN2O.C3H3F3O/c18-15-11-19-8-5-16(15)20-9-6-17(7-10-20)14-4-2-1-3-13(14)12-21-17;4-3(5,6)1-2-7/h1-5,8,11H,6-7,9-10,12H2;2H,1H2. The first-order chi connectivity index (χ1) is 13.3. The molecule has 1 spiro atoms. The van der Waals surface area contributed by atoms with E-state index in [0.717, 1.165) is 43.2 Å². The van der Waals surface area contributed by atoms with E-state index in [-0.39, 0.29) is 11.9 Å². The van der Waals surface area contributed by atoms with Crippen LogP contribution >= 0.6 is 11.6 Å². The van der Waals surface area contributed by atoms with Gasteiger partial charge in [-0.05, 0) is 30.0 Å². The second kappa shape index (κ2) is 8.49. The van der Waals surface area contributed by atoms with Crippen LogP contribution in [0.1, 0.15) is 30.4 Å². The molecule has 0 aliphatic carbocycles. The lowest BCUT2D eigenvalue weighted by Gasteiger charge is -2.40. The minimum atomic E-state index is -4.32. The van der Waals surface area contributed by atoms with E-state index in [1.54, 1.807) is 12.4 Å². The highest BCUT2D eigenvalue weighted by Crippen LogP contribution is 2.45. The highest BCUT2D eigenvalue weighted by atomic mass is 35.5. The minimum Gasteiger partial charge on any atom is -0.370 e. The minimum absolute atomic E-state index is 0.0907. The second-order valence-electron chi connectivity index (χ2n) is 6.74. The van der Waals surface area contributed by atoms with Crippen molar-refractivity contribution in [3.05, 3.63) is 58.9 Å². The number of fused-ring (bicyclic) bond motifs is 2. The highest BCUT2D eigenvalue weighted by Gasteiger charge is 2.42. The van der Waals surface area contributed by atoms with Gasteiger partial charge in [-0.1, -0.05) is 35.9 Å². The van der Waals surface area contributed by atoms with Gasteiger partial charge in [0.2, 0.25) is 0 Å². The zero-order chi connectivity index (χ0) is 20.2. The van der Waals surface area contributed by atoms with Crippen LogP contribution in [0.25, 0.3) is 0 Å². The number of aldehydes is 1. The van der Waals surface area contributed by atoms with Gasteiger partial charge >= 0.3 is 6.18 Å². The van der Waals surface area contributed by atoms with E-state index in [1.165, 1.54) is 11.1 Å². The van der Waals surface area contributed by atoms with E-state index in [4.69, 9.17) is 21.1 Å². The van der Waals surface area contributed by atoms with E-state index in [2.05, 4.69) is 34.1 Å². The molecule has 0 bridgehead atoms. The number of ether oxygens (including phenoxy) is 1. The lowest BCUT2D eigenvalue weighted by Crippen LogP contribution is -2.42. The zero-order valence-electron chi connectivity index (χ0n) is 15.1. The van der Waals surface area contributed by atoms with Crippen molar-refractivity contribution < 1.29 is 22.7 Å². The van der Waals surface area contributed by atoms with Crippen LogP contribution < -0.4 is 4.90 Å². The maximum absolute atomic E-state index is 10.8. The van der Waals surface area contributed by atoms with Crippen molar-refractivity contribution in [1.82, 2.24) is 4.98 Å². The molecule has 0 amide bonds. The van der Waals surface area contributed by atoms with Crippen LogP contribution in [-0.2, 0) is 21.7 Å². The summed E-state index contributed by atoms with van der Waals surface area (Å²) in [7, 11) is 0.